The van der Waals surface area contributed by atoms with Gasteiger partial charge in [-0.2, -0.15) is 0 Å². The highest BCUT2D eigenvalue weighted by molar-refractivity contribution is 7.89. The minimum atomic E-state index is -3.74. The molecule has 0 saturated heterocycles. The minimum absolute atomic E-state index is 0. The van der Waals surface area contributed by atoms with Crippen LogP contribution in [0.15, 0.2) is 23.1 Å². The smallest absolute Gasteiger partial charge is 0.241 e. The number of sulfonamides is 1. The first-order chi connectivity index (χ1) is 5.95. The Morgan fingerprint density at radius 2 is 1.93 bits per heavy atom. The normalized spacial score (nSPS) is 10.4. The van der Waals surface area contributed by atoms with E-state index in [4.69, 9.17) is 15.6 Å². The molecule has 1 aromatic carbocycles. The molecule has 0 radical (unpaired) electrons. The van der Waals surface area contributed by atoms with Gasteiger partial charge < -0.3 is 10.5 Å². The second kappa shape index (κ2) is 4.50. The zero-order chi connectivity index (χ0) is 10.1. The summed E-state index contributed by atoms with van der Waals surface area (Å²) in [5.74, 6) is 0.155. The molecule has 14 heavy (non-hydrogen) atoms. The second-order valence-corrected chi connectivity index (χ2v) is 3.99. The van der Waals surface area contributed by atoms with Crippen LogP contribution >= 0.6 is 12.4 Å². The highest BCUT2D eigenvalue weighted by atomic mass is 35.5. The number of nitrogen functional groups attached to an aromatic ring is 1. The molecule has 0 fully saturated rings. The van der Waals surface area contributed by atoms with Crippen molar-refractivity contribution in [2.75, 3.05) is 12.8 Å². The Kier molecular flexibility index (Phi) is 4.18. The van der Waals surface area contributed by atoms with Crippen LogP contribution in [-0.4, -0.2) is 15.5 Å². The molecule has 1 rings (SSSR count). The van der Waals surface area contributed by atoms with Gasteiger partial charge in [0.25, 0.3) is 0 Å². The van der Waals surface area contributed by atoms with E-state index in [0.29, 0.717) is 5.69 Å². The third-order valence-electron chi connectivity index (χ3n) is 1.49. The molecule has 5 nitrogen and oxygen atoms in total. The summed E-state index contributed by atoms with van der Waals surface area (Å²) in [6.45, 7) is 0. The van der Waals surface area contributed by atoms with Crippen molar-refractivity contribution in [1.29, 1.82) is 0 Å². The van der Waals surface area contributed by atoms with Crippen LogP contribution in [0, 0.1) is 0 Å². The Balaban J connectivity index is 0.00000169. The zero-order valence-corrected chi connectivity index (χ0v) is 9.06. The standard InChI is InChI=1S/C7H10N2O3S.ClH/c1-12-6-4-5(8)2-3-7(6)13(9,10)11;/h2-4H,8H2,1H3,(H2,9,10,11);1H. The molecule has 0 aliphatic heterocycles. The number of hydrogen-bond donors (Lipinski definition) is 2. The molecular weight excluding hydrogens is 228 g/mol. The van der Waals surface area contributed by atoms with Gasteiger partial charge in [-0.05, 0) is 12.1 Å². The molecule has 0 heterocycles. The molecule has 0 amide bonds. The molecule has 0 saturated carbocycles. The lowest BCUT2D eigenvalue weighted by Gasteiger charge is -2.06. The summed E-state index contributed by atoms with van der Waals surface area (Å²) in [5, 5.41) is 4.93. The van der Waals surface area contributed by atoms with Gasteiger partial charge in [0.1, 0.15) is 10.6 Å². The highest BCUT2D eigenvalue weighted by Crippen LogP contribution is 2.24. The molecule has 0 aliphatic carbocycles. The van der Waals surface area contributed by atoms with Gasteiger partial charge in [-0.1, -0.05) is 0 Å². The first kappa shape index (κ1) is 13.0. The lowest BCUT2D eigenvalue weighted by molar-refractivity contribution is 0.403. The predicted octanol–water partition coefficient (Wildman–Crippen LogP) is 0.347. The first-order valence-electron chi connectivity index (χ1n) is 3.41. The van der Waals surface area contributed by atoms with Gasteiger partial charge in [0.2, 0.25) is 10.0 Å². The van der Waals surface area contributed by atoms with Crippen LogP contribution in [0.25, 0.3) is 0 Å². The molecule has 0 aliphatic rings. The van der Waals surface area contributed by atoms with Gasteiger partial charge in [0.05, 0.1) is 7.11 Å². The van der Waals surface area contributed by atoms with E-state index < -0.39 is 10.0 Å². The topological polar surface area (TPSA) is 95.4 Å². The van der Waals surface area contributed by atoms with Crippen molar-refractivity contribution in [3.05, 3.63) is 18.2 Å². The van der Waals surface area contributed by atoms with Crippen LogP contribution in [0.1, 0.15) is 0 Å². The molecule has 0 bridgehead atoms. The van der Waals surface area contributed by atoms with Gasteiger partial charge >= 0.3 is 0 Å². The van der Waals surface area contributed by atoms with Gasteiger partial charge in [-0.3, -0.25) is 0 Å². The van der Waals surface area contributed by atoms with Crippen LogP contribution in [-0.2, 0) is 10.0 Å². The number of ether oxygens (including phenoxy) is 1. The summed E-state index contributed by atoms with van der Waals surface area (Å²) in [6.07, 6.45) is 0. The summed E-state index contributed by atoms with van der Waals surface area (Å²) in [7, 11) is -2.39. The van der Waals surface area contributed by atoms with E-state index in [0.717, 1.165) is 0 Å². The second-order valence-electron chi connectivity index (χ2n) is 2.46. The van der Waals surface area contributed by atoms with Crippen molar-refractivity contribution in [1.82, 2.24) is 0 Å². The summed E-state index contributed by atoms with van der Waals surface area (Å²) in [5.41, 5.74) is 5.85. The van der Waals surface area contributed by atoms with E-state index in [9.17, 15) is 8.42 Å². The molecule has 0 unspecified atom stereocenters. The van der Waals surface area contributed by atoms with E-state index >= 15 is 0 Å². The number of methoxy groups -OCH3 is 1. The third-order valence-corrected chi connectivity index (χ3v) is 2.44. The number of primary sulfonamides is 1. The third kappa shape index (κ3) is 2.76. The zero-order valence-electron chi connectivity index (χ0n) is 7.43. The Labute approximate surface area is 88.5 Å². The Morgan fingerprint density at radius 3 is 2.36 bits per heavy atom. The summed E-state index contributed by atoms with van der Waals surface area (Å²) in [6, 6.07) is 4.16. The van der Waals surface area contributed by atoms with Crippen LogP contribution in [0.2, 0.25) is 0 Å². The van der Waals surface area contributed by atoms with E-state index in [1.54, 1.807) is 0 Å². The summed E-state index contributed by atoms with van der Waals surface area (Å²) in [4.78, 5) is -0.0656. The summed E-state index contributed by atoms with van der Waals surface area (Å²) >= 11 is 0. The lowest BCUT2D eigenvalue weighted by atomic mass is 10.3. The number of anilines is 1. The molecule has 0 aromatic heterocycles. The van der Waals surface area contributed by atoms with Crippen molar-refractivity contribution in [2.24, 2.45) is 5.14 Å². The molecule has 1 aromatic rings. The molecule has 0 spiro atoms. The van der Waals surface area contributed by atoms with Crippen LogP contribution in [0.3, 0.4) is 0 Å². The van der Waals surface area contributed by atoms with Crippen molar-refractivity contribution in [3.8, 4) is 5.75 Å². The number of hydrogen-bond acceptors (Lipinski definition) is 4. The van der Waals surface area contributed by atoms with Crippen molar-refractivity contribution in [2.45, 2.75) is 4.90 Å². The van der Waals surface area contributed by atoms with Gasteiger partial charge in [-0.25, -0.2) is 13.6 Å². The fourth-order valence-electron chi connectivity index (χ4n) is 0.919. The van der Waals surface area contributed by atoms with E-state index in [1.165, 1.54) is 25.3 Å². The molecule has 0 atom stereocenters. The van der Waals surface area contributed by atoms with E-state index in [1.807, 2.05) is 0 Å². The maximum Gasteiger partial charge on any atom is 0.241 e. The molecule has 7 heteroatoms. The Morgan fingerprint density at radius 1 is 1.36 bits per heavy atom. The van der Waals surface area contributed by atoms with Crippen molar-refractivity contribution < 1.29 is 13.2 Å². The highest BCUT2D eigenvalue weighted by Gasteiger charge is 2.14. The lowest BCUT2D eigenvalue weighted by Crippen LogP contribution is -2.13. The van der Waals surface area contributed by atoms with Crippen LogP contribution in [0.4, 0.5) is 5.69 Å². The summed E-state index contributed by atoms with van der Waals surface area (Å²) < 4.78 is 26.8. The first-order valence-corrected chi connectivity index (χ1v) is 4.96. The van der Waals surface area contributed by atoms with Gasteiger partial charge in [0.15, 0.2) is 0 Å². The van der Waals surface area contributed by atoms with Crippen LogP contribution < -0.4 is 15.6 Å². The molecule has 80 valence electrons. The average molecular weight is 239 g/mol. The van der Waals surface area contributed by atoms with E-state index in [-0.39, 0.29) is 23.1 Å². The van der Waals surface area contributed by atoms with E-state index in [2.05, 4.69) is 0 Å². The number of rotatable bonds is 2. The molecular formula is C7H11ClN2O3S. The van der Waals surface area contributed by atoms with Gasteiger partial charge in [0, 0.05) is 11.8 Å². The fourth-order valence-corrected chi connectivity index (χ4v) is 1.60. The van der Waals surface area contributed by atoms with Gasteiger partial charge in [-0.15, -0.1) is 12.4 Å². The number of halogens is 1. The monoisotopic (exact) mass is 238 g/mol. The number of nitrogens with two attached hydrogens (primary N) is 2. The largest absolute Gasteiger partial charge is 0.495 e. The average Bonchev–Trinajstić information content (AvgIpc) is 2.01. The minimum Gasteiger partial charge on any atom is -0.495 e. The SMILES string of the molecule is COc1cc(N)ccc1S(N)(=O)=O.Cl. The Hall–Kier alpha value is -0.980. The quantitative estimate of drug-likeness (QED) is 0.727. The number of benzene rings is 1. The fraction of sp³-hybridized carbons (Fsp3) is 0.143. The maximum absolute atomic E-state index is 11.0. The Bertz CT molecular complexity index is 419. The predicted molar refractivity (Wildman–Crippen MR) is 56.0 cm³/mol. The van der Waals surface area contributed by atoms with Crippen molar-refractivity contribution in [3.63, 3.8) is 0 Å². The molecule has 4 N–H and O–H groups in total. The van der Waals surface area contributed by atoms with Crippen molar-refractivity contribution >= 4 is 28.1 Å². The van der Waals surface area contributed by atoms with Crippen LogP contribution in [0.5, 0.6) is 5.75 Å². The maximum atomic E-state index is 11.0.